The maximum atomic E-state index is 5.09. The molecule has 5 heteroatoms. The van der Waals surface area contributed by atoms with Gasteiger partial charge < -0.3 is 9.15 Å². The quantitative estimate of drug-likeness (QED) is 0.829. The fourth-order valence-corrected chi connectivity index (χ4v) is 1.33. The monoisotopic (exact) mass is 234 g/mol. The summed E-state index contributed by atoms with van der Waals surface area (Å²) in [5.41, 5.74) is 1.03. The SMILES string of the molecule is COc1ccc(C=Cc2n[nH]c(=S)o2)cc1. The van der Waals surface area contributed by atoms with E-state index in [1.807, 2.05) is 30.3 Å². The minimum Gasteiger partial charge on any atom is -0.497 e. The van der Waals surface area contributed by atoms with Crippen molar-refractivity contribution in [3.05, 3.63) is 40.6 Å². The van der Waals surface area contributed by atoms with Crippen molar-refractivity contribution < 1.29 is 9.15 Å². The number of nitrogens with zero attached hydrogens (tertiary/aromatic N) is 1. The smallest absolute Gasteiger partial charge is 0.284 e. The van der Waals surface area contributed by atoms with Gasteiger partial charge in [0.25, 0.3) is 4.84 Å². The van der Waals surface area contributed by atoms with Crippen LogP contribution in [0.5, 0.6) is 5.75 Å². The maximum absolute atomic E-state index is 5.09. The first-order chi connectivity index (χ1) is 7.78. The van der Waals surface area contributed by atoms with E-state index in [1.165, 1.54) is 0 Å². The Morgan fingerprint density at radius 3 is 2.62 bits per heavy atom. The lowest BCUT2D eigenvalue weighted by molar-refractivity contribution is 0.415. The Balaban J connectivity index is 2.14. The number of aromatic nitrogens is 2. The first kappa shape index (κ1) is 10.6. The zero-order chi connectivity index (χ0) is 11.4. The molecule has 0 aliphatic rings. The number of aromatic amines is 1. The van der Waals surface area contributed by atoms with Crippen LogP contribution in [0.25, 0.3) is 12.2 Å². The van der Waals surface area contributed by atoms with Crippen LogP contribution in [-0.4, -0.2) is 17.3 Å². The molecule has 0 bridgehead atoms. The molecule has 0 saturated carbocycles. The summed E-state index contributed by atoms with van der Waals surface area (Å²) < 4.78 is 10.1. The van der Waals surface area contributed by atoms with Crippen LogP contribution in [0.2, 0.25) is 0 Å². The van der Waals surface area contributed by atoms with Crippen molar-refractivity contribution in [2.75, 3.05) is 7.11 Å². The zero-order valence-electron chi connectivity index (χ0n) is 8.64. The molecule has 0 atom stereocenters. The molecule has 0 amide bonds. The highest BCUT2D eigenvalue weighted by atomic mass is 32.1. The van der Waals surface area contributed by atoms with E-state index in [0.717, 1.165) is 11.3 Å². The Labute approximate surface area is 97.6 Å². The molecule has 0 aliphatic heterocycles. The highest BCUT2D eigenvalue weighted by molar-refractivity contribution is 7.71. The Kier molecular flexibility index (Phi) is 3.16. The van der Waals surface area contributed by atoms with Gasteiger partial charge in [0.1, 0.15) is 5.75 Å². The van der Waals surface area contributed by atoms with Gasteiger partial charge in [0.2, 0.25) is 5.89 Å². The molecule has 2 aromatic rings. The summed E-state index contributed by atoms with van der Waals surface area (Å²) in [7, 11) is 1.64. The van der Waals surface area contributed by atoms with Gasteiger partial charge in [0, 0.05) is 6.08 Å². The lowest BCUT2D eigenvalue weighted by Crippen LogP contribution is -1.81. The van der Waals surface area contributed by atoms with Crippen LogP contribution in [-0.2, 0) is 0 Å². The molecule has 82 valence electrons. The Bertz CT molecular complexity index is 540. The summed E-state index contributed by atoms with van der Waals surface area (Å²) >= 11 is 4.76. The third-order valence-electron chi connectivity index (χ3n) is 1.99. The summed E-state index contributed by atoms with van der Waals surface area (Å²) in [6, 6.07) is 7.66. The standard InChI is InChI=1S/C11H10N2O2S/c1-14-9-5-2-8(3-6-9)4-7-10-12-13-11(16)15-10/h2-7H,1H3,(H,13,16). The van der Waals surface area contributed by atoms with Crippen molar-refractivity contribution in [3.8, 4) is 5.75 Å². The summed E-state index contributed by atoms with van der Waals surface area (Å²) in [5.74, 6) is 1.29. The number of methoxy groups -OCH3 is 1. The number of hydrogen-bond donors (Lipinski definition) is 1. The molecule has 1 aromatic carbocycles. The zero-order valence-corrected chi connectivity index (χ0v) is 9.45. The Morgan fingerprint density at radius 2 is 2.06 bits per heavy atom. The van der Waals surface area contributed by atoms with E-state index in [1.54, 1.807) is 13.2 Å². The second-order valence-corrected chi connectivity index (χ2v) is 3.43. The van der Waals surface area contributed by atoms with Gasteiger partial charge in [-0.15, -0.1) is 5.10 Å². The summed E-state index contributed by atoms with van der Waals surface area (Å²) in [6.45, 7) is 0. The van der Waals surface area contributed by atoms with Gasteiger partial charge in [-0.3, -0.25) is 0 Å². The second kappa shape index (κ2) is 4.76. The molecule has 0 saturated heterocycles. The summed E-state index contributed by atoms with van der Waals surface area (Å²) in [5, 5.41) is 6.41. The van der Waals surface area contributed by atoms with Crippen molar-refractivity contribution in [1.29, 1.82) is 0 Å². The largest absolute Gasteiger partial charge is 0.497 e. The maximum Gasteiger partial charge on any atom is 0.284 e. The van der Waals surface area contributed by atoms with E-state index in [2.05, 4.69) is 10.2 Å². The summed E-state index contributed by atoms with van der Waals surface area (Å²) in [6.07, 6.45) is 3.63. The molecule has 4 nitrogen and oxygen atoms in total. The van der Waals surface area contributed by atoms with E-state index in [0.29, 0.717) is 5.89 Å². The van der Waals surface area contributed by atoms with Crippen molar-refractivity contribution in [1.82, 2.24) is 10.2 Å². The topological polar surface area (TPSA) is 51.0 Å². The molecule has 0 fully saturated rings. The van der Waals surface area contributed by atoms with Crippen molar-refractivity contribution in [2.45, 2.75) is 0 Å². The number of nitrogens with one attached hydrogen (secondary N) is 1. The van der Waals surface area contributed by atoms with Crippen LogP contribution in [0.15, 0.2) is 28.7 Å². The number of H-pyrrole nitrogens is 1. The van der Waals surface area contributed by atoms with Crippen molar-refractivity contribution in [2.24, 2.45) is 0 Å². The molecule has 0 spiro atoms. The van der Waals surface area contributed by atoms with Gasteiger partial charge >= 0.3 is 0 Å². The molecular weight excluding hydrogens is 224 g/mol. The van der Waals surface area contributed by atoms with Crippen LogP contribution >= 0.6 is 12.2 Å². The van der Waals surface area contributed by atoms with Crippen molar-refractivity contribution in [3.63, 3.8) is 0 Å². The molecule has 1 aromatic heterocycles. The van der Waals surface area contributed by atoms with Crippen LogP contribution in [0.1, 0.15) is 11.5 Å². The minimum absolute atomic E-state index is 0.273. The molecule has 1 N–H and O–H groups in total. The molecule has 0 radical (unpaired) electrons. The second-order valence-electron chi connectivity index (χ2n) is 3.06. The fraction of sp³-hybridized carbons (Fsp3) is 0.0909. The number of benzene rings is 1. The molecule has 16 heavy (non-hydrogen) atoms. The first-order valence-electron chi connectivity index (χ1n) is 4.65. The molecular formula is C11H10N2O2S. The molecule has 0 aliphatic carbocycles. The third-order valence-corrected chi connectivity index (χ3v) is 2.16. The molecule has 2 rings (SSSR count). The first-order valence-corrected chi connectivity index (χ1v) is 5.06. The highest BCUT2D eigenvalue weighted by Gasteiger charge is 1.93. The Hall–Kier alpha value is -1.88. The lowest BCUT2D eigenvalue weighted by Gasteiger charge is -1.98. The normalized spacial score (nSPS) is 10.8. The van der Waals surface area contributed by atoms with Gasteiger partial charge in [0.15, 0.2) is 0 Å². The van der Waals surface area contributed by atoms with E-state index < -0.39 is 0 Å². The predicted molar refractivity (Wildman–Crippen MR) is 63.6 cm³/mol. The van der Waals surface area contributed by atoms with Gasteiger partial charge in [0.05, 0.1) is 7.11 Å². The fourth-order valence-electron chi connectivity index (χ4n) is 1.20. The van der Waals surface area contributed by atoms with Crippen LogP contribution < -0.4 is 4.74 Å². The number of ether oxygens (including phenoxy) is 1. The van der Waals surface area contributed by atoms with Gasteiger partial charge in [-0.2, -0.15) is 0 Å². The third kappa shape index (κ3) is 2.58. The van der Waals surface area contributed by atoms with E-state index >= 15 is 0 Å². The Morgan fingerprint density at radius 1 is 1.31 bits per heavy atom. The number of rotatable bonds is 3. The van der Waals surface area contributed by atoms with Gasteiger partial charge in [-0.05, 0) is 36.0 Å². The number of hydrogen-bond acceptors (Lipinski definition) is 4. The minimum atomic E-state index is 0.273. The molecule has 1 heterocycles. The van der Waals surface area contributed by atoms with Crippen LogP contribution in [0.3, 0.4) is 0 Å². The van der Waals surface area contributed by atoms with Gasteiger partial charge in [-0.25, -0.2) is 5.10 Å². The highest BCUT2D eigenvalue weighted by Crippen LogP contribution is 2.13. The van der Waals surface area contributed by atoms with E-state index in [-0.39, 0.29) is 4.84 Å². The average molecular weight is 234 g/mol. The molecule has 0 unspecified atom stereocenters. The van der Waals surface area contributed by atoms with Crippen LogP contribution in [0.4, 0.5) is 0 Å². The summed E-state index contributed by atoms with van der Waals surface area (Å²) in [4.78, 5) is 0.273. The van der Waals surface area contributed by atoms with Crippen LogP contribution in [0, 0.1) is 4.84 Å². The van der Waals surface area contributed by atoms with Gasteiger partial charge in [-0.1, -0.05) is 12.1 Å². The van der Waals surface area contributed by atoms with E-state index in [9.17, 15) is 0 Å². The average Bonchev–Trinajstić information content (AvgIpc) is 2.73. The van der Waals surface area contributed by atoms with E-state index in [4.69, 9.17) is 21.4 Å². The predicted octanol–water partition coefficient (Wildman–Crippen LogP) is 2.91. The van der Waals surface area contributed by atoms with Crippen molar-refractivity contribution >= 4 is 24.4 Å². The lowest BCUT2D eigenvalue weighted by atomic mass is 10.2.